The van der Waals surface area contributed by atoms with Gasteiger partial charge in [0.2, 0.25) is 0 Å². The summed E-state index contributed by atoms with van der Waals surface area (Å²) in [6.45, 7) is 2.11. The molecule has 1 aromatic rings. The van der Waals surface area contributed by atoms with Gasteiger partial charge in [-0.2, -0.15) is 0 Å². The van der Waals surface area contributed by atoms with E-state index in [0.717, 1.165) is 11.7 Å². The van der Waals surface area contributed by atoms with Gasteiger partial charge in [0, 0.05) is 0 Å². The van der Waals surface area contributed by atoms with Gasteiger partial charge in [0.15, 0.2) is 0 Å². The second-order valence-electron chi connectivity index (χ2n) is 4.33. The Balaban J connectivity index is 1.93. The van der Waals surface area contributed by atoms with E-state index in [4.69, 9.17) is 4.42 Å². The third-order valence-electron chi connectivity index (χ3n) is 3.13. The monoisotopic (exact) mass is 193 g/mol. The minimum absolute atomic E-state index is 0.408. The summed E-state index contributed by atoms with van der Waals surface area (Å²) in [6, 6.07) is 2.45. The molecular weight excluding hydrogens is 174 g/mol. The summed E-state index contributed by atoms with van der Waals surface area (Å²) < 4.78 is 5.51. The number of aryl methyl sites for hydroxylation is 1. The van der Waals surface area contributed by atoms with Gasteiger partial charge in [-0.15, -0.1) is 0 Å². The van der Waals surface area contributed by atoms with E-state index < -0.39 is 0 Å². The predicted molar refractivity (Wildman–Crippen MR) is 57.2 cm³/mol. The first-order chi connectivity index (χ1) is 6.81. The van der Waals surface area contributed by atoms with Gasteiger partial charge in [-0.1, -0.05) is 12.8 Å². The van der Waals surface area contributed by atoms with Crippen molar-refractivity contribution >= 4 is 0 Å². The molecular formula is C12H19NO. The summed E-state index contributed by atoms with van der Waals surface area (Å²) in [5.41, 5.74) is 1.26. The zero-order valence-corrected chi connectivity index (χ0v) is 9.05. The fourth-order valence-electron chi connectivity index (χ4n) is 1.96. The van der Waals surface area contributed by atoms with Crippen molar-refractivity contribution < 1.29 is 4.42 Å². The summed E-state index contributed by atoms with van der Waals surface area (Å²) in [5, 5.41) is 3.33. The van der Waals surface area contributed by atoms with Crippen LogP contribution < -0.4 is 5.32 Å². The highest BCUT2D eigenvalue weighted by Crippen LogP contribution is 2.36. The molecule has 0 radical (unpaired) electrons. The van der Waals surface area contributed by atoms with Gasteiger partial charge in [-0.25, -0.2) is 0 Å². The predicted octanol–water partition coefficient (Wildman–Crippen LogP) is 3.04. The third-order valence-corrected chi connectivity index (χ3v) is 3.13. The van der Waals surface area contributed by atoms with Crippen LogP contribution in [0.3, 0.4) is 0 Å². The Bertz CT molecular complexity index is 288. The number of hydrogen-bond acceptors (Lipinski definition) is 2. The highest BCUT2D eigenvalue weighted by atomic mass is 16.3. The van der Waals surface area contributed by atoms with Crippen LogP contribution in [0.2, 0.25) is 0 Å². The number of hydrogen-bond donors (Lipinski definition) is 1. The second kappa shape index (κ2) is 4.18. The van der Waals surface area contributed by atoms with Crippen molar-refractivity contribution in [3.63, 3.8) is 0 Å². The molecule has 1 fully saturated rings. The minimum Gasteiger partial charge on any atom is -0.467 e. The third kappa shape index (κ3) is 2.18. The number of nitrogens with one attached hydrogen (secondary N) is 1. The maximum atomic E-state index is 5.51. The van der Waals surface area contributed by atoms with Crippen molar-refractivity contribution in [1.29, 1.82) is 0 Å². The summed E-state index contributed by atoms with van der Waals surface area (Å²) in [4.78, 5) is 0. The molecule has 0 amide bonds. The van der Waals surface area contributed by atoms with Crippen molar-refractivity contribution in [2.75, 3.05) is 7.05 Å². The molecule has 0 aromatic carbocycles. The van der Waals surface area contributed by atoms with Crippen molar-refractivity contribution in [3.05, 3.63) is 23.7 Å². The zero-order chi connectivity index (χ0) is 9.97. The van der Waals surface area contributed by atoms with Crippen molar-refractivity contribution in [1.82, 2.24) is 5.32 Å². The van der Waals surface area contributed by atoms with E-state index in [1.165, 1.54) is 31.2 Å². The molecule has 2 nitrogen and oxygen atoms in total. The molecule has 14 heavy (non-hydrogen) atoms. The SMILES string of the molecule is CNC(CCC1CC1)c1occc1C. The lowest BCUT2D eigenvalue weighted by Crippen LogP contribution is -2.16. The highest BCUT2D eigenvalue weighted by molar-refractivity contribution is 5.18. The van der Waals surface area contributed by atoms with Crippen LogP contribution in [0, 0.1) is 12.8 Å². The molecule has 1 atom stereocenters. The van der Waals surface area contributed by atoms with Crippen LogP contribution in [-0.4, -0.2) is 7.05 Å². The van der Waals surface area contributed by atoms with E-state index in [1.54, 1.807) is 6.26 Å². The summed E-state index contributed by atoms with van der Waals surface area (Å²) >= 11 is 0. The van der Waals surface area contributed by atoms with E-state index >= 15 is 0 Å². The van der Waals surface area contributed by atoms with Crippen LogP contribution in [-0.2, 0) is 0 Å². The van der Waals surface area contributed by atoms with Gasteiger partial charge in [0.05, 0.1) is 12.3 Å². The molecule has 1 aliphatic rings. The molecule has 0 aliphatic heterocycles. The molecule has 2 heteroatoms. The number of rotatable bonds is 5. The molecule has 0 bridgehead atoms. The van der Waals surface area contributed by atoms with Crippen LogP contribution in [0.15, 0.2) is 16.7 Å². The summed E-state index contributed by atoms with van der Waals surface area (Å²) in [7, 11) is 2.01. The van der Waals surface area contributed by atoms with Gasteiger partial charge in [0.25, 0.3) is 0 Å². The second-order valence-corrected chi connectivity index (χ2v) is 4.33. The molecule has 0 spiro atoms. The minimum atomic E-state index is 0.408. The molecule has 1 aliphatic carbocycles. The van der Waals surface area contributed by atoms with Crippen LogP contribution >= 0.6 is 0 Å². The lowest BCUT2D eigenvalue weighted by atomic mass is 10.0. The van der Waals surface area contributed by atoms with Crippen molar-refractivity contribution in [3.8, 4) is 0 Å². The molecule has 1 saturated carbocycles. The topological polar surface area (TPSA) is 25.2 Å². The van der Waals surface area contributed by atoms with E-state index in [0.29, 0.717) is 6.04 Å². The Labute approximate surface area is 85.7 Å². The van der Waals surface area contributed by atoms with Gasteiger partial charge in [-0.3, -0.25) is 0 Å². The molecule has 1 aromatic heterocycles. The zero-order valence-electron chi connectivity index (χ0n) is 9.05. The van der Waals surface area contributed by atoms with Crippen molar-refractivity contribution in [2.45, 2.75) is 38.6 Å². The van der Waals surface area contributed by atoms with Gasteiger partial charge in [-0.05, 0) is 44.4 Å². The maximum Gasteiger partial charge on any atom is 0.123 e. The Morgan fingerprint density at radius 1 is 1.57 bits per heavy atom. The molecule has 1 unspecified atom stereocenters. The fraction of sp³-hybridized carbons (Fsp3) is 0.667. The van der Waals surface area contributed by atoms with Crippen molar-refractivity contribution in [2.24, 2.45) is 5.92 Å². The van der Waals surface area contributed by atoms with Crippen LogP contribution in [0.4, 0.5) is 0 Å². The first-order valence-electron chi connectivity index (χ1n) is 5.52. The lowest BCUT2D eigenvalue weighted by molar-refractivity contribution is 0.399. The summed E-state index contributed by atoms with van der Waals surface area (Å²) in [5.74, 6) is 2.12. The van der Waals surface area contributed by atoms with E-state index in [2.05, 4.69) is 12.2 Å². The van der Waals surface area contributed by atoms with Crippen LogP contribution in [0.1, 0.15) is 43.0 Å². The van der Waals surface area contributed by atoms with Gasteiger partial charge in [0.1, 0.15) is 5.76 Å². The van der Waals surface area contributed by atoms with E-state index in [1.807, 2.05) is 13.1 Å². The average Bonchev–Trinajstić information content (AvgIpc) is 2.92. The molecule has 1 heterocycles. The first-order valence-corrected chi connectivity index (χ1v) is 5.52. The van der Waals surface area contributed by atoms with Gasteiger partial charge >= 0.3 is 0 Å². The summed E-state index contributed by atoms with van der Waals surface area (Å²) in [6.07, 6.45) is 7.20. The van der Waals surface area contributed by atoms with E-state index in [9.17, 15) is 0 Å². The molecule has 2 rings (SSSR count). The largest absolute Gasteiger partial charge is 0.467 e. The molecule has 1 N–H and O–H groups in total. The number of furan rings is 1. The standard InChI is InChI=1S/C12H19NO/c1-9-7-8-14-12(9)11(13-2)6-5-10-3-4-10/h7-8,10-11,13H,3-6H2,1-2H3. The Hall–Kier alpha value is -0.760. The fourth-order valence-corrected chi connectivity index (χ4v) is 1.96. The van der Waals surface area contributed by atoms with Crippen LogP contribution in [0.25, 0.3) is 0 Å². The quantitative estimate of drug-likeness (QED) is 0.777. The first kappa shape index (κ1) is 9.78. The normalized spacial score (nSPS) is 18.4. The lowest BCUT2D eigenvalue weighted by Gasteiger charge is -2.14. The molecule has 0 saturated heterocycles. The Morgan fingerprint density at radius 3 is 2.86 bits per heavy atom. The van der Waals surface area contributed by atoms with E-state index in [-0.39, 0.29) is 0 Å². The molecule has 78 valence electrons. The smallest absolute Gasteiger partial charge is 0.123 e. The highest BCUT2D eigenvalue weighted by Gasteiger charge is 2.23. The maximum absolute atomic E-state index is 5.51. The Kier molecular flexibility index (Phi) is 2.92. The van der Waals surface area contributed by atoms with Crippen LogP contribution in [0.5, 0.6) is 0 Å². The van der Waals surface area contributed by atoms with Gasteiger partial charge < -0.3 is 9.73 Å². The average molecular weight is 193 g/mol. The Morgan fingerprint density at radius 2 is 2.36 bits per heavy atom.